The molecule has 0 saturated carbocycles. The third-order valence-electron chi connectivity index (χ3n) is 5.76. The van der Waals surface area contributed by atoms with Crippen molar-refractivity contribution in [2.45, 2.75) is 26.1 Å². The smallest absolute Gasteiger partial charge is 0.254 e. The van der Waals surface area contributed by atoms with Crippen molar-refractivity contribution in [1.29, 1.82) is 0 Å². The van der Waals surface area contributed by atoms with E-state index < -0.39 is 6.10 Å². The van der Waals surface area contributed by atoms with Gasteiger partial charge in [0.15, 0.2) is 0 Å². The van der Waals surface area contributed by atoms with Crippen LogP contribution in [-0.4, -0.2) is 66.1 Å². The molecule has 2 aliphatic rings. The number of carbonyl (C=O) groups excluding carboxylic acids is 1. The molecule has 2 fully saturated rings. The van der Waals surface area contributed by atoms with Gasteiger partial charge in [0.05, 0.1) is 6.61 Å². The summed E-state index contributed by atoms with van der Waals surface area (Å²) in [5.74, 6) is 2.35. The van der Waals surface area contributed by atoms with Crippen LogP contribution in [0.15, 0.2) is 48.5 Å². The van der Waals surface area contributed by atoms with E-state index in [0.29, 0.717) is 13.2 Å². The van der Waals surface area contributed by atoms with Crippen LogP contribution in [0.1, 0.15) is 16.7 Å². The fraction of sp³-hybridized carbons (Fsp3) is 0.458. The lowest BCUT2D eigenvalue weighted by Gasteiger charge is -2.32. The average Bonchev–Trinajstić information content (AvgIpc) is 2.78. The number of aryl methyl sites for hydroxylation is 1. The molecule has 2 saturated heterocycles. The Morgan fingerprint density at radius 1 is 1.03 bits per heavy atom. The van der Waals surface area contributed by atoms with Crippen LogP contribution < -0.4 is 5.32 Å². The first-order valence-electron chi connectivity index (χ1n) is 10.8. The Labute approximate surface area is 183 Å². The lowest BCUT2D eigenvalue weighted by molar-refractivity contribution is -0.133. The number of ether oxygens (including phenoxy) is 1. The number of morpholine rings is 1. The van der Waals surface area contributed by atoms with Gasteiger partial charge in [-0.25, -0.2) is 0 Å². The van der Waals surface area contributed by atoms with Gasteiger partial charge in [-0.15, -0.1) is 0 Å². The van der Waals surface area contributed by atoms with E-state index in [1.165, 1.54) is 22.6 Å². The number of rotatable bonds is 6. The van der Waals surface area contributed by atoms with Crippen LogP contribution in [0.5, 0.6) is 0 Å². The van der Waals surface area contributed by atoms with Crippen molar-refractivity contribution >= 4 is 23.4 Å². The number of benzene rings is 2. The predicted molar refractivity (Wildman–Crippen MR) is 124 cm³/mol. The van der Waals surface area contributed by atoms with Crippen LogP contribution >= 0.6 is 11.8 Å². The fourth-order valence-electron chi connectivity index (χ4n) is 3.98. The molecule has 160 valence electrons. The van der Waals surface area contributed by atoms with Gasteiger partial charge < -0.3 is 10.1 Å². The molecule has 4 rings (SSSR count). The van der Waals surface area contributed by atoms with Crippen molar-refractivity contribution in [3.8, 4) is 0 Å². The second kappa shape index (κ2) is 10.4. The van der Waals surface area contributed by atoms with Crippen LogP contribution in [0.4, 0.5) is 5.69 Å². The summed E-state index contributed by atoms with van der Waals surface area (Å²) in [5.41, 5.74) is 4.49. The molecule has 6 heteroatoms. The van der Waals surface area contributed by atoms with Crippen molar-refractivity contribution in [1.82, 2.24) is 9.80 Å². The van der Waals surface area contributed by atoms with Gasteiger partial charge in [0.2, 0.25) is 0 Å². The quantitative estimate of drug-likeness (QED) is 0.769. The summed E-state index contributed by atoms with van der Waals surface area (Å²) in [6.07, 6.45) is -0.440. The number of anilines is 1. The van der Waals surface area contributed by atoms with Crippen LogP contribution in [0, 0.1) is 6.92 Å². The van der Waals surface area contributed by atoms with Crippen molar-refractivity contribution < 1.29 is 9.53 Å². The van der Waals surface area contributed by atoms with E-state index in [9.17, 15) is 4.79 Å². The van der Waals surface area contributed by atoms with E-state index in [2.05, 4.69) is 57.6 Å². The third kappa shape index (κ3) is 5.85. The molecular weight excluding hydrogens is 394 g/mol. The lowest BCUT2D eigenvalue weighted by atomic mass is 10.1. The Morgan fingerprint density at radius 3 is 2.60 bits per heavy atom. The van der Waals surface area contributed by atoms with Crippen LogP contribution in [0.2, 0.25) is 0 Å². The van der Waals surface area contributed by atoms with Gasteiger partial charge in [0.25, 0.3) is 5.91 Å². The van der Waals surface area contributed by atoms with E-state index in [1.807, 2.05) is 24.8 Å². The van der Waals surface area contributed by atoms with Crippen LogP contribution in [0.3, 0.4) is 0 Å². The zero-order valence-corrected chi connectivity index (χ0v) is 18.5. The van der Waals surface area contributed by atoms with Gasteiger partial charge in [-0.05, 0) is 29.7 Å². The Bertz CT molecular complexity index is 840. The molecule has 2 aromatic rings. The monoisotopic (exact) mass is 425 g/mol. The van der Waals surface area contributed by atoms with E-state index in [4.69, 9.17) is 4.74 Å². The fourth-order valence-corrected chi connectivity index (χ4v) is 4.96. The summed E-state index contributed by atoms with van der Waals surface area (Å²) in [5, 5.41) is 3.13. The Hall–Kier alpha value is -1.86. The molecule has 1 N–H and O–H groups in total. The Kier molecular flexibility index (Phi) is 7.44. The van der Waals surface area contributed by atoms with Crippen LogP contribution in [-0.2, 0) is 22.6 Å². The zero-order chi connectivity index (χ0) is 20.8. The van der Waals surface area contributed by atoms with E-state index in [1.54, 1.807) is 0 Å². The van der Waals surface area contributed by atoms with Crippen molar-refractivity contribution in [3.63, 3.8) is 0 Å². The summed E-state index contributed by atoms with van der Waals surface area (Å²) in [4.78, 5) is 17.7. The number of amides is 1. The molecule has 30 heavy (non-hydrogen) atoms. The number of nitrogens with one attached hydrogen (secondary N) is 1. The zero-order valence-electron chi connectivity index (χ0n) is 17.7. The first-order valence-corrected chi connectivity index (χ1v) is 11.9. The minimum Gasteiger partial charge on any atom is -0.366 e. The second-order valence-corrected chi connectivity index (χ2v) is 9.33. The Morgan fingerprint density at radius 2 is 1.80 bits per heavy atom. The molecule has 5 nitrogen and oxygen atoms in total. The van der Waals surface area contributed by atoms with Gasteiger partial charge in [0, 0.05) is 56.5 Å². The highest BCUT2D eigenvalue weighted by Gasteiger charge is 2.27. The van der Waals surface area contributed by atoms with E-state index in [0.717, 1.165) is 44.0 Å². The number of carbonyl (C=O) groups is 1. The number of hydrogen-bond acceptors (Lipinski definition) is 5. The maximum absolute atomic E-state index is 12.9. The highest BCUT2D eigenvalue weighted by molar-refractivity contribution is 7.99. The molecule has 0 aliphatic carbocycles. The number of hydrogen-bond donors (Lipinski definition) is 1. The maximum atomic E-state index is 12.9. The highest BCUT2D eigenvalue weighted by atomic mass is 32.2. The van der Waals surface area contributed by atoms with Gasteiger partial charge in [-0.3, -0.25) is 14.6 Å². The summed E-state index contributed by atoms with van der Waals surface area (Å²) in [6.45, 7) is 8.13. The minimum atomic E-state index is -0.440. The number of thioether (sulfide) groups is 1. The first kappa shape index (κ1) is 21.4. The molecular formula is C24H31N3O2S. The van der Waals surface area contributed by atoms with Crippen molar-refractivity contribution in [2.75, 3.05) is 49.6 Å². The summed E-state index contributed by atoms with van der Waals surface area (Å²) < 4.78 is 5.81. The highest BCUT2D eigenvalue weighted by Crippen LogP contribution is 2.21. The standard InChI is InChI=1S/C24H31N3O2S/c1-19-7-8-21(17-26-10-13-30-14-11-26)15-22(19)25-24(28)23-18-27(9-12-29-23)16-20-5-3-2-4-6-20/h2-8,15,23H,9-14,16-18H2,1H3,(H,25,28). The van der Waals surface area contributed by atoms with Gasteiger partial charge in [-0.1, -0.05) is 42.5 Å². The van der Waals surface area contributed by atoms with Gasteiger partial charge >= 0.3 is 0 Å². The topological polar surface area (TPSA) is 44.8 Å². The molecule has 1 unspecified atom stereocenters. The molecule has 0 radical (unpaired) electrons. The maximum Gasteiger partial charge on any atom is 0.254 e. The van der Waals surface area contributed by atoms with E-state index >= 15 is 0 Å². The molecule has 2 aromatic carbocycles. The largest absolute Gasteiger partial charge is 0.366 e. The van der Waals surface area contributed by atoms with Gasteiger partial charge in [-0.2, -0.15) is 11.8 Å². The normalized spacial score (nSPS) is 20.8. The van der Waals surface area contributed by atoms with E-state index in [-0.39, 0.29) is 5.91 Å². The second-order valence-electron chi connectivity index (χ2n) is 8.11. The number of nitrogens with zero attached hydrogens (tertiary/aromatic N) is 2. The predicted octanol–water partition coefficient (Wildman–Crippen LogP) is 3.38. The molecule has 0 bridgehead atoms. The summed E-state index contributed by atoms with van der Waals surface area (Å²) in [7, 11) is 0. The van der Waals surface area contributed by atoms with Crippen molar-refractivity contribution in [2.24, 2.45) is 0 Å². The third-order valence-corrected chi connectivity index (χ3v) is 6.70. The molecule has 0 aromatic heterocycles. The van der Waals surface area contributed by atoms with Crippen LogP contribution in [0.25, 0.3) is 0 Å². The SMILES string of the molecule is Cc1ccc(CN2CCSCC2)cc1NC(=O)C1CN(Cc2ccccc2)CCO1. The summed E-state index contributed by atoms with van der Waals surface area (Å²) in [6, 6.07) is 16.8. The van der Waals surface area contributed by atoms with Crippen molar-refractivity contribution in [3.05, 3.63) is 65.2 Å². The average molecular weight is 426 g/mol. The lowest BCUT2D eigenvalue weighted by Crippen LogP contribution is -2.47. The summed E-state index contributed by atoms with van der Waals surface area (Å²) >= 11 is 2.02. The van der Waals surface area contributed by atoms with Gasteiger partial charge in [0.1, 0.15) is 6.10 Å². The molecule has 1 atom stereocenters. The minimum absolute atomic E-state index is 0.0533. The first-order chi connectivity index (χ1) is 14.7. The molecule has 2 aliphatic heterocycles. The molecule has 1 amide bonds. The molecule has 0 spiro atoms. The molecule has 2 heterocycles. The Balaban J connectivity index is 1.36.